The van der Waals surface area contributed by atoms with Crippen LogP contribution >= 0.6 is 0 Å². The van der Waals surface area contributed by atoms with Gasteiger partial charge >= 0.3 is 0 Å². The summed E-state index contributed by atoms with van der Waals surface area (Å²) < 4.78 is 0. The smallest absolute Gasteiger partial charge is 0.0766 e. The monoisotopic (exact) mass is 436 g/mol. The van der Waals surface area contributed by atoms with E-state index in [1.54, 1.807) is 0 Å². The molecule has 172 valence electrons. The predicted octanol–water partition coefficient (Wildman–Crippen LogP) is 8.90. The number of benzene rings is 1. The highest BCUT2D eigenvalue weighted by Gasteiger charge is 2.70. The fraction of sp³-hybridized carbons (Fsp3) is 0.500. The zero-order chi connectivity index (χ0) is 24.2. The summed E-state index contributed by atoms with van der Waals surface area (Å²) >= 11 is 0. The van der Waals surface area contributed by atoms with Gasteiger partial charge in [-0.25, -0.2) is 0 Å². The quantitative estimate of drug-likeness (QED) is 0.252. The summed E-state index contributed by atoms with van der Waals surface area (Å²) in [5, 5.41) is -0.324. The van der Waals surface area contributed by atoms with Crippen molar-refractivity contribution < 1.29 is 0 Å². The molecule has 0 nitrogen and oxygen atoms in total. The molecule has 2 fully saturated rings. The van der Waals surface area contributed by atoms with Gasteiger partial charge in [0.2, 0.25) is 0 Å². The van der Waals surface area contributed by atoms with Gasteiger partial charge in [-0.1, -0.05) is 113 Å². The van der Waals surface area contributed by atoms with Gasteiger partial charge in [-0.15, -0.1) is 0 Å². The molecule has 0 saturated heterocycles. The van der Waals surface area contributed by atoms with Gasteiger partial charge in [0.05, 0.1) is 7.85 Å². The highest BCUT2D eigenvalue weighted by atomic mass is 14.7. The van der Waals surface area contributed by atoms with Crippen molar-refractivity contribution in [2.24, 2.45) is 28.1 Å². The summed E-state index contributed by atoms with van der Waals surface area (Å²) in [6.07, 6.45) is 13.4. The number of hydrogen-bond donors (Lipinski definition) is 0. The molecule has 3 aliphatic carbocycles. The largest absolute Gasteiger partial charge is 0.0993 e. The van der Waals surface area contributed by atoms with Crippen molar-refractivity contribution in [3.63, 3.8) is 0 Å². The Kier molecular flexibility index (Phi) is 5.87. The Labute approximate surface area is 204 Å². The maximum Gasteiger partial charge on any atom is 0.0766 e. The van der Waals surface area contributed by atoms with Crippen molar-refractivity contribution in [3.8, 4) is 0 Å². The van der Waals surface area contributed by atoms with Crippen molar-refractivity contribution in [2.75, 3.05) is 0 Å². The van der Waals surface area contributed by atoms with E-state index in [0.717, 1.165) is 25.7 Å². The first-order chi connectivity index (χ1) is 15.5. The van der Waals surface area contributed by atoms with Crippen molar-refractivity contribution in [3.05, 3.63) is 90.1 Å². The molecule has 0 amide bonds. The van der Waals surface area contributed by atoms with E-state index in [9.17, 15) is 0 Å². The summed E-state index contributed by atoms with van der Waals surface area (Å²) in [5.74, 6) is 0.736. The molecule has 3 aliphatic rings. The molecule has 2 saturated carbocycles. The van der Waals surface area contributed by atoms with E-state index in [-0.39, 0.29) is 27.5 Å². The molecule has 0 spiro atoms. The van der Waals surface area contributed by atoms with Crippen LogP contribution in [0.1, 0.15) is 72.8 Å². The van der Waals surface area contributed by atoms with E-state index in [1.807, 2.05) is 0 Å². The van der Waals surface area contributed by atoms with E-state index in [0.29, 0.717) is 5.92 Å². The fourth-order valence-electron chi connectivity index (χ4n) is 7.98. The lowest BCUT2D eigenvalue weighted by Gasteiger charge is -2.73. The third kappa shape index (κ3) is 3.03. The second kappa shape index (κ2) is 8.04. The standard InChI is InChI=1S/C32H41B/c1-9-14-25(10-2)27-19-22(3)29(6)17-18-32(33)23(4)20-28(26-15-12-11-13-16-26)24(5)31(32,8)30(29,7)21-27/h9-16,20,23,27H,3,5,17-19,21H2,1-2,4,6-8H3/b14-9-,25-10+. The van der Waals surface area contributed by atoms with Gasteiger partial charge < -0.3 is 0 Å². The maximum absolute atomic E-state index is 7.52. The van der Waals surface area contributed by atoms with Crippen LogP contribution in [0.3, 0.4) is 0 Å². The molecule has 4 rings (SSSR count). The number of fused-ring (bicyclic) bond motifs is 3. The van der Waals surface area contributed by atoms with Gasteiger partial charge in [-0.3, -0.25) is 0 Å². The van der Waals surface area contributed by atoms with Crippen LogP contribution in [0, 0.1) is 28.1 Å². The van der Waals surface area contributed by atoms with Crippen molar-refractivity contribution in [1.29, 1.82) is 0 Å². The zero-order valence-electron chi connectivity index (χ0n) is 21.7. The lowest BCUT2D eigenvalue weighted by atomic mass is 9.26. The SMILES string of the molecule is [B]C12CCC3(C)C(=C)CC(C(/C=C\C)=C/C)CC3(C)C1(C)C(=C)C(c1ccccc1)=CC2C. The molecule has 33 heavy (non-hydrogen) atoms. The van der Waals surface area contributed by atoms with Crippen LogP contribution in [-0.2, 0) is 0 Å². The molecule has 6 atom stereocenters. The van der Waals surface area contributed by atoms with Gasteiger partial charge in [0.1, 0.15) is 0 Å². The number of hydrogen-bond acceptors (Lipinski definition) is 0. The predicted molar refractivity (Wildman–Crippen MR) is 145 cm³/mol. The van der Waals surface area contributed by atoms with Crippen LogP contribution in [0.25, 0.3) is 5.57 Å². The second-order valence-electron chi connectivity index (χ2n) is 11.5. The maximum atomic E-state index is 7.52. The van der Waals surface area contributed by atoms with E-state index >= 15 is 0 Å². The van der Waals surface area contributed by atoms with Gasteiger partial charge in [0.15, 0.2) is 0 Å². The topological polar surface area (TPSA) is 0 Å². The Balaban J connectivity index is 1.92. The Bertz CT molecular complexity index is 1060. The lowest BCUT2D eigenvalue weighted by Crippen LogP contribution is -2.64. The highest BCUT2D eigenvalue weighted by Crippen LogP contribution is 2.80. The molecular formula is C32H41B. The Hall–Kier alpha value is -2.02. The van der Waals surface area contributed by atoms with E-state index in [4.69, 9.17) is 21.0 Å². The van der Waals surface area contributed by atoms with Crippen LogP contribution in [0.2, 0.25) is 5.31 Å². The number of rotatable bonds is 3. The zero-order valence-corrected chi connectivity index (χ0v) is 21.7. The normalized spacial score (nSPS) is 41.5. The minimum atomic E-state index is -0.324. The first-order valence-electron chi connectivity index (χ1n) is 12.7. The summed E-state index contributed by atoms with van der Waals surface area (Å²) in [6.45, 7) is 23.6. The van der Waals surface area contributed by atoms with Crippen LogP contribution in [0.5, 0.6) is 0 Å². The van der Waals surface area contributed by atoms with Crippen LogP contribution in [-0.4, -0.2) is 7.85 Å². The van der Waals surface area contributed by atoms with Crippen molar-refractivity contribution in [2.45, 2.75) is 72.5 Å². The highest BCUT2D eigenvalue weighted by molar-refractivity contribution is 6.17. The van der Waals surface area contributed by atoms with Crippen LogP contribution in [0.15, 0.2) is 84.5 Å². The summed E-state index contributed by atoms with van der Waals surface area (Å²) in [4.78, 5) is 0. The average Bonchev–Trinajstić information content (AvgIpc) is 2.80. The Morgan fingerprint density at radius 1 is 1.06 bits per heavy atom. The summed E-state index contributed by atoms with van der Waals surface area (Å²) in [6, 6.07) is 10.8. The molecule has 0 bridgehead atoms. The molecule has 1 aromatic rings. The number of allylic oxidation sites excluding steroid dienone is 8. The summed E-state index contributed by atoms with van der Waals surface area (Å²) in [7, 11) is 7.52. The lowest BCUT2D eigenvalue weighted by molar-refractivity contribution is -0.122. The summed E-state index contributed by atoms with van der Waals surface area (Å²) in [5.41, 5.74) is 6.30. The van der Waals surface area contributed by atoms with Crippen LogP contribution in [0.4, 0.5) is 0 Å². The Morgan fingerprint density at radius 2 is 1.73 bits per heavy atom. The van der Waals surface area contributed by atoms with Crippen molar-refractivity contribution in [1.82, 2.24) is 0 Å². The Morgan fingerprint density at radius 3 is 2.33 bits per heavy atom. The van der Waals surface area contributed by atoms with E-state index in [2.05, 4.69) is 96.2 Å². The molecule has 0 aliphatic heterocycles. The van der Waals surface area contributed by atoms with E-state index < -0.39 is 0 Å². The van der Waals surface area contributed by atoms with E-state index in [1.165, 1.54) is 27.9 Å². The molecule has 0 heterocycles. The van der Waals surface area contributed by atoms with Gasteiger partial charge in [-0.05, 0) is 83.5 Å². The molecule has 6 unspecified atom stereocenters. The van der Waals surface area contributed by atoms with Gasteiger partial charge in [-0.2, -0.15) is 0 Å². The minimum Gasteiger partial charge on any atom is -0.0993 e. The molecule has 2 radical (unpaired) electrons. The molecule has 0 N–H and O–H groups in total. The third-order valence-corrected chi connectivity index (χ3v) is 10.6. The molecular weight excluding hydrogens is 395 g/mol. The first-order valence-corrected chi connectivity index (χ1v) is 12.7. The minimum absolute atomic E-state index is 0.0394. The van der Waals surface area contributed by atoms with Crippen LogP contribution < -0.4 is 0 Å². The first kappa shape index (κ1) is 24.1. The molecule has 1 aromatic carbocycles. The average molecular weight is 436 g/mol. The van der Waals surface area contributed by atoms with Crippen molar-refractivity contribution >= 4 is 13.4 Å². The molecule has 1 heteroatoms. The fourth-order valence-corrected chi connectivity index (χ4v) is 7.98. The molecule has 0 aromatic heterocycles. The second-order valence-corrected chi connectivity index (χ2v) is 11.5. The van der Waals surface area contributed by atoms with Gasteiger partial charge in [0, 0.05) is 0 Å². The third-order valence-electron chi connectivity index (χ3n) is 10.6. The van der Waals surface area contributed by atoms with Gasteiger partial charge in [0.25, 0.3) is 0 Å².